The highest BCUT2D eigenvalue weighted by atomic mass is 16.2. The number of carbonyl (C=O) groups is 1. The Morgan fingerprint density at radius 3 is 3.06 bits per heavy atom. The molecule has 2 aromatic heterocycles. The van der Waals surface area contributed by atoms with Gasteiger partial charge in [-0.1, -0.05) is 6.07 Å². The summed E-state index contributed by atoms with van der Waals surface area (Å²) >= 11 is 0. The number of likely N-dealkylation sites (tertiary alicyclic amines) is 1. The molecule has 2 atom stereocenters. The summed E-state index contributed by atoms with van der Waals surface area (Å²) < 4.78 is 1.96. The number of rotatable bonds is 2. The molecule has 2 aromatic rings. The number of pyridine rings is 1. The van der Waals surface area contributed by atoms with Crippen LogP contribution in [0.4, 0.5) is 0 Å². The largest absolute Gasteiger partial charge is 0.333 e. The molecule has 18 heavy (non-hydrogen) atoms. The average molecular weight is 244 g/mol. The second-order valence-electron chi connectivity index (χ2n) is 4.62. The molecule has 2 unspecified atom stereocenters. The summed E-state index contributed by atoms with van der Waals surface area (Å²) in [6.45, 7) is 2.64. The summed E-state index contributed by atoms with van der Waals surface area (Å²) in [6.07, 6.45) is 4.32. The van der Waals surface area contributed by atoms with Crippen LogP contribution in [0.5, 0.6) is 0 Å². The van der Waals surface area contributed by atoms with Crippen LogP contribution in [0.25, 0.3) is 5.65 Å². The molecule has 2 N–H and O–H groups in total. The van der Waals surface area contributed by atoms with Gasteiger partial charge >= 0.3 is 0 Å². The molecule has 0 aromatic carbocycles. The standard InChI is InChI=1S/C13H16N4O/c1-2-17-12(18)7-9(14)13(17)10-8-16-6-4-3-5-11(16)15-10/h3-6,8-9,13H,2,7,14H2,1H3. The predicted molar refractivity (Wildman–Crippen MR) is 67.9 cm³/mol. The van der Waals surface area contributed by atoms with Crippen molar-refractivity contribution in [2.45, 2.75) is 25.4 Å². The number of carbonyl (C=O) groups excluding carboxylic acids is 1. The van der Waals surface area contributed by atoms with Crippen LogP contribution in [0.2, 0.25) is 0 Å². The molecule has 1 amide bonds. The maximum absolute atomic E-state index is 11.8. The Bertz CT molecular complexity index is 558. The lowest BCUT2D eigenvalue weighted by molar-refractivity contribution is -0.128. The minimum absolute atomic E-state index is 0.0950. The van der Waals surface area contributed by atoms with E-state index in [0.29, 0.717) is 13.0 Å². The van der Waals surface area contributed by atoms with Crippen LogP contribution < -0.4 is 5.73 Å². The Morgan fingerprint density at radius 2 is 2.33 bits per heavy atom. The van der Waals surface area contributed by atoms with E-state index < -0.39 is 0 Å². The van der Waals surface area contributed by atoms with Crippen LogP contribution >= 0.6 is 0 Å². The smallest absolute Gasteiger partial charge is 0.224 e. The number of fused-ring (bicyclic) bond motifs is 1. The number of hydrogen-bond donors (Lipinski definition) is 1. The van der Waals surface area contributed by atoms with Crippen LogP contribution in [-0.2, 0) is 4.79 Å². The fourth-order valence-electron chi connectivity index (χ4n) is 2.67. The number of amides is 1. The van der Waals surface area contributed by atoms with Crippen molar-refractivity contribution in [3.8, 4) is 0 Å². The van der Waals surface area contributed by atoms with Gasteiger partial charge in [-0.25, -0.2) is 4.98 Å². The minimum Gasteiger partial charge on any atom is -0.333 e. The molecular weight excluding hydrogens is 228 g/mol. The third-order valence-corrected chi connectivity index (χ3v) is 3.50. The van der Waals surface area contributed by atoms with Gasteiger partial charge in [-0.2, -0.15) is 0 Å². The zero-order valence-electron chi connectivity index (χ0n) is 10.3. The van der Waals surface area contributed by atoms with Gasteiger partial charge in [-0.05, 0) is 19.1 Å². The van der Waals surface area contributed by atoms with Crippen molar-refractivity contribution in [1.82, 2.24) is 14.3 Å². The van der Waals surface area contributed by atoms with Gasteiger partial charge in [0, 0.05) is 31.4 Å². The summed E-state index contributed by atoms with van der Waals surface area (Å²) in [5.41, 5.74) is 7.84. The number of imidazole rings is 1. The van der Waals surface area contributed by atoms with Crippen molar-refractivity contribution in [2.75, 3.05) is 6.54 Å². The molecule has 0 radical (unpaired) electrons. The lowest BCUT2D eigenvalue weighted by atomic mass is 10.1. The molecule has 1 aliphatic rings. The molecule has 1 aliphatic heterocycles. The Morgan fingerprint density at radius 1 is 1.50 bits per heavy atom. The second-order valence-corrected chi connectivity index (χ2v) is 4.62. The van der Waals surface area contributed by atoms with Gasteiger partial charge in [0.25, 0.3) is 0 Å². The van der Waals surface area contributed by atoms with Crippen molar-refractivity contribution in [3.05, 3.63) is 36.3 Å². The Kier molecular flexibility index (Phi) is 2.56. The van der Waals surface area contributed by atoms with Gasteiger partial charge in [-0.3, -0.25) is 4.79 Å². The second kappa shape index (κ2) is 4.10. The van der Waals surface area contributed by atoms with E-state index in [-0.39, 0.29) is 18.0 Å². The quantitative estimate of drug-likeness (QED) is 0.855. The van der Waals surface area contributed by atoms with Crippen LogP contribution in [0.1, 0.15) is 25.1 Å². The van der Waals surface area contributed by atoms with E-state index in [4.69, 9.17) is 5.73 Å². The molecule has 0 bridgehead atoms. The molecule has 5 nitrogen and oxygen atoms in total. The maximum atomic E-state index is 11.8. The highest BCUT2D eigenvalue weighted by molar-refractivity contribution is 5.80. The van der Waals surface area contributed by atoms with Crippen LogP contribution in [-0.4, -0.2) is 32.8 Å². The Hall–Kier alpha value is -1.88. The maximum Gasteiger partial charge on any atom is 0.224 e. The SMILES string of the molecule is CCN1C(=O)CC(N)C1c1cn2ccccc2n1. The number of likely N-dealkylation sites (N-methyl/N-ethyl adjacent to an activating group) is 1. The molecule has 94 valence electrons. The fourth-order valence-corrected chi connectivity index (χ4v) is 2.67. The van der Waals surface area contributed by atoms with E-state index in [1.54, 1.807) is 0 Å². The van der Waals surface area contributed by atoms with Gasteiger partial charge in [-0.15, -0.1) is 0 Å². The van der Waals surface area contributed by atoms with Crippen LogP contribution in [0, 0.1) is 0 Å². The zero-order chi connectivity index (χ0) is 12.7. The third kappa shape index (κ3) is 1.59. The first-order chi connectivity index (χ1) is 8.70. The van der Waals surface area contributed by atoms with Crippen molar-refractivity contribution in [3.63, 3.8) is 0 Å². The summed E-state index contributed by atoms with van der Waals surface area (Å²) in [6, 6.07) is 5.59. The molecule has 1 fully saturated rings. The molecule has 0 spiro atoms. The number of nitrogens with two attached hydrogens (primary N) is 1. The topological polar surface area (TPSA) is 63.6 Å². The average Bonchev–Trinajstić information content (AvgIpc) is 2.88. The molecule has 1 saturated heterocycles. The van der Waals surface area contributed by atoms with E-state index in [9.17, 15) is 4.79 Å². The zero-order valence-corrected chi connectivity index (χ0v) is 10.3. The van der Waals surface area contributed by atoms with Gasteiger partial charge in [0.2, 0.25) is 5.91 Å². The molecule has 3 rings (SSSR count). The Labute approximate surface area is 105 Å². The molecule has 5 heteroatoms. The summed E-state index contributed by atoms with van der Waals surface area (Å²) in [4.78, 5) is 18.2. The minimum atomic E-state index is -0.164. The summed E-state index contributed by atoms with van der Waals surface area (Å²) in [7, 11) is 0. The Balaban J connectivity index is 2.05. The first kappa shape index (κ1) is 11.2. The fraction of sp³-hybridized carbons (Fsp3) is 0.385. The van der Waals surface area contributed by atoms with Crippen LogP contribution in [0.15, 0.2) is 30.6 Å². The molecule has 3 heterocycles. The molecule has 0 aliphatic carbocycles. The number of aromatic nitrogens is 2. The van der Waals surface area contributed by atoms with Gasteiger partial charge in [0.05, 0.1) is 11.7 Å². The van der Waals surface area contributed by atoms with E-state index in [2.05, 4.69) is 4.98 Å². The highest BCUT2D eigenvalue weighted by Crippen LogP contribution is 2.31. The normalized spacial score (nSPS) is 24.1. The highest BCUT2D eigenvalue weighted by Gasteiger charge is 2.38. The van der Waals surface area contributed by atoms with E-state index in [1.165, 1.54) is 0 Å². The van der Waals surface area contributed by atoms with Gasteiger partial charge < -0.3 is 15.0 Å². The van der Waals surface area contributed by atoms with E-state index >= 15 is 0 Å². The number of hydrogen-bond acceptors (Lipinski definition) is 3. The lowest BCUT2D eigenvalue weighted by Gasteiger charge is -2.23. The third-order valence-electron chi connectivity index (χ3n) is 3.50. The summed E-state index contributed by atoms with van der Waals surface area (Å²) in [5, 5.41) is 0. The first-order valence-corrected chi connectivity index (χ1v) is 6.19. The molecule has 0 saturated carbocycles. The monoisotopic (exact) mass is 244 g/mol. The van der Waals surface area contributed by atoms with Gasteiger partial charge in [0.15, 0.2) is 0 Å². The van der Waals surface area contributed by atoms with E-state index in [0.717, 1.165) is 11.3 Å². The van der Waals surface area contributed by atoms with Crippen molar-refractivity contribution in [1.29, 1.82) is 0 Å². The number of nitrogens with zero attached hydrogens (tertiary/aromatic N) is 3. The van der Waals surface area contributed by atoms with Crippen molar-refractivity contribution in [2.24, 2.45) is 5.73 Å². The van der Waals surface area contributed by atoms with E-state index in [1.807, 2.05) is 46.8 Å². The first-order valence-electron chi connectivity index (χ1n) is 6.19. The predicted octanol–water partition coefficient (Wildman–Crippen LogP) is 0.955. The van der Waals surface area contributed by atoms with Gasteiger partial charge in [0.1, 0.15) is 5.65 Å². The van der Waals surface area contributed by atoms with Crippen LogP contribution in [0.3, 0.4) is 0 Å². The van der Waals surface area contributed by atoms with Crippen molar-refractivity contribution >= 4 is 11.6 Å². The lowest BCUT2D eigenvalue weighted by Crippen LogP contribution is -2.33. The van der Waals surface area contributed by atoms with Crippen molar-refractivity contribution < 1.29 is 4.79 Å². The molecular formula is C13H16N4O. The summed E-state index contributed by atoms with van der Waals surface area (Å²) in [5.74, 6) is 0.118.